The van der Waals surface area contributed by atoms with E-state index in [1.165, 1.54) is 0 Å². The number of aliphatic hydroxyl groups excluding tert-OH is 1. The second kappa shape index (κ2) is 4.09. The molecule has 3 N–H and O–H groups in total. The Morgan fingerprint density at radius 3 is 2.33 bits per heavy atom. The van der Waals surface area contributed by atoms with Gasteiger partial charge in [0.25, 0.3) is 0 Å². The molecule has 3 heteroatoms. The predicted octanol–water partition coefficient (Wildman–Crippen LogP) is 0.528. The summed E-state index contributed by atoms with van der Waals surface area (Å²) >= 11 is 0. The Bertz CT molecular complexity index is 70.7. The van der Waals surface area contributed by atoms with Crippen LogP contribution in [0.5, 0.6) is 0 Å². The van der Waals surface area contributed by atoms with E-state index in [0.717, 1.165) is 31.7 Å². The van der Waals surface area contributed by atoms with Gasteiger partial charge < -0.3 is 10.8 Å². The predicted molar refractivity (Wildman–Crippen MR) is 39.7 cm³/mol. The average molecular weight is 152 g/mol. The molecule has 0 aromatic heterocycles. The summed E-state index contributed by atoms with van der Waals surface area (Å²) in [4.78, 5) is 0. The number of hydrogen-bond acceptors (Lipinski definition) is 2. The molecule has 56 valence electrons. The minimum Gasteiger partial charge on any atom is -0.393 e. The van der Waals surface area contributed by atoms with E-state index in [2.05, 4.69) is 0 Å². The fourth-order valence-corrected chi connectivity index (χ4v) is 1.17. The summed E-state index contributed by atoms with van der Waals surface area (Å²) in [6.45, 7) is 0.775. The van der Waals surface area contributed by atoms with Crippen LogP contribution in [0.3, 0.4) is 0 Å². The number of rotatable bonds is 2. The number of aliphatic hydroxyl groups is 1. The molecule has 1 aliphatic rings. The van der Waals surface area contributed by atoms with Gasteiger partial charge in [0.15, 0.2) is 0 Å². The topological polar surface area (TPSA) is 46.2 Å². The monoisotopic (exact) mass is 151 g/mol. The molecule has 0 saturated heterocycles. The molecule has 9 heavy (non-hydrogen) atoms. The number of halogens is 1. The lowest BCUT2D eigenvalue weighted by Gasteiger charge is -2.30. The minimum absolute atomic E-state index is 0. The lowest BCUT2D eigenvalue weighted by atomic mass is 9.80. The molecule has 0 heterocycles. The largest absolute Gasteiger partial charge is 0.393 e. The van der Waals surface area contributed by atoms with E-state index in [9.17, 15) is 0 Å². The first-order valence-corrected chi connectivity index (χ1v) is 3.21. The fraction of sp³-hybridized carbons (Fsp3) is 1.00. The summed E-state index contributed by atoms with van der Waals surface area (Å²) < 4.78 is 0. The second-order valence-corrected chi connectivity index (χ2v) is 2.57. The highest BCUT2D eigenvalue weighted by atomic mass is 35.5. The smallest absolute Gasteiger partial charge is 0.0545 e. The molecule has 2 nitrogen and oxygen atoms in total. The highest BCUT2D eigenvalue weighted by Gasteiger charge is 2.25. The van der Waals surface area contributed by atoms with Crippen molar-refractivity contribution in [3.05, 3.63) is 0 Å². The highest BCUT2D eigenvalue weighted by Crippen LogP contribution is 2.29. The lowest BCUT2D eigenvalue weighted by molar-refractivity contribution is 0.0403. The van der Waals surface area contributed by atoms with E-state index in [-0.39, 0.29) is 18.5 Å². The Balaban J connectivity index is 0.000000640. The molecule has 0 bridgehead atoms. The Morgan fingerprint density at radius 2 is 2.00 bits per heavy atom. The van der Waals surface area contributed by atoms with Gasteiger partial charge in [-0.15, -0.1) is 12.4 Å². The van der Waals surface area contributed by atoms with Crippen molar-refractivity contribution < 1.29 is 5.11 Å². The molecular formula is C6H14ClNO. The fourth-order valence-electron chi connectivity index (χ4n) is 1.17. The summed E-state index contributed by atoms with van der Waals surface area (Å²) in [5.74, 6) is 0.731. The third-order valence-corrected chi connectivity index (χ3v) is 1.79. The van der Waals surface area contributed by atoms with Crippen molar-refractivity contribution in [3.63, 3.8) is 0 Å². The zero-order valence-corrected chi connectivity index (χ0v) is 6.23. The summed E-state index contributed by atoms with van der Waals surface area (Å²) in [7, 11) is 0. The van der Waals surface area contributed by atoms with Crippen molar-refractivity contribution in [2.75, 3.05) is 6.54 Å². The van der Waals surface area contributed by atoms with Gasteiger partial charge in [-0.3, -0.25) is 0 Å². The van der Waals surface area contributed by atoms with Crippen molar-refractivity contribution in [3.8, 4) is 0 Å². The maximum Gasteiger partial charge on any atom is 0.0545 e. The standard InChI is InChI=1S/C6H13NO.ClH/c7-2-1-5-3-6(8)4-5;/h5-6,8H,1-4,7H2;1H. The zero-order chi connectivity index (χ0) is 5.98. The number of hydrogen-bond donors (Lipinski definition) is 2. The summed E-state index contributed by atoms with van der Waals surface area (Å²) in [5, 5.41) is 8.80. The minimum atomic E-state index is -0.00782. The van der Waals surface area contributed by atoms with Gasteiger partial charge >= 0.3 is 0 Å². The molecule has 0 atom stereocenters. The third kappa shape index (κ3) is 2.52. The first kappa shape index (κ1) is 9.21. The molecule has 0 amide bonds. The van der Waals surface area contributed by atoms with Gasteiger partial charge in [-0.1, -0.05) is 0 Å². The van der Waals surface area contributed by atoms with Gasteiger partial charge in [0, 0.05) is 0 Å². The normalized spacial score (nSPS) is 32.7. The van der Waals surface area contributed by atoms with Crippen molar-refractivity contribution in [2.24, 2.45) is 11.7 Å². The van der Waals surface area contributed by atoms with Crippen LogP contribution in [0.1, 0.15) is 19.3 Å². The van der Waals surface area contributed by atoms with Gasteiger partial charge in [-0.25, -0.2) is 0 Å². The molecule has 1 saturated carbocycles. The van der Waals surface area contributed by atoms with Crippen molar-refractivity contribution >= 4 is 12.4 Å². The Hall–Kier alpha value is 0.210. The molecule has 1 fully saturated rings. The van der Waals surface area contributed by atoms with Crippen LogP contribution in [-0.2, 0) is 0 Å². The van der Waals surface area contributed by atoms with Gasteiger partial charge in [-0.2, -0.15) is 0 Å². The summed E-state index contributed by atoms with van der Waals surface area (Å²) in [5.41, 5.74) is 5.30. The maximum absolute atomic E-state index is 8.80. The first-order valence-electron chi connectivity index (χ1n) is 3.21. The van der Waals surface area contributed by atoms with Crippen molar-refractivity contribution in [1.82, 2.24) is 0 Å². The van der Waals surface area contributed by atoms with Crippen LogP contribution in [0, 0.1) is 5.92 Å². The molecule has 1 rings (SSSR count). The number of nitrogens with two attached hydrogens (primary N) is 1. The molecule has 0 aromatic rings. The average Bonchev–Trinajstić information content (AvgIpc) is 1.64. The van der Waals surface area contributed by atoms with Crippen LogP contribution in [0.2, 0.25) is 0 Å². The summed E-state index contributed by atoms with van der Waals surface area (Å²) in [6.07, 6.45) is 3.05. The van der Waals surface area contributed by atoms with Gasteiger partial charge in [-0.05, 0) is 31.7 Å². The van der Waals surface area contributed by atoms with E-state index in [1.54, 1.807) is 0 Å². The molecule has 0 radical (unpaired) electrons. The van der Waals surface area contributed by atoms with Gasteiger partial charge in [0.2, 0.25) is 0 Å². The van der Waals surface area contributed by atoms with Crippen LogP contribution >= 0.6 is 12.4 Å². The van der Waals surface area contributed by atoms with Crippen molar-refractivity contribution in [1.29, 1.82) is 0 Å². The van der Waals surface area contributed by atoms with Crippen LogP contribution in [0.25, 0.3) is 0 Å². The SMILES string of the molecule is Cl.NCCC1CC(O)C1. The molecule has 0 spiro atoms. The lowest BCUT2D eigenvalue weighted by Crippen LogP contribution is -2.29. The Kier molecular flexibility index (Phi) is 4.19. The van der Waals surface area contributed by atoms with Gasteiger partial charge in [0.1, 0.15) is 0 Å². The Morgan fingerprint density at radius 1 is 1.44 bits per heavy atom. The molecule has 0 unspecified atom stereocenters. The third-order valence-electron chi connectivity index (χ3n) is 1.79. The Labute approximate surface area is 61.8 Å². The maximum atomic E-state index is 8.80. The molecular weight excluding hydrogens is 138 g/mol. The first-order chi connectivity index (χ1) is 3.83. The van der Waals surface area contributed by atoms with E-state index in [1.807, 2.05) is 0 Å². The molecule has 0 aromatic carbocycles. The zero-order valence-electron chi connectivity index (χ0n) is 5.42. The molecule has 0 aliphatic heterocycles. The van der Waals surface area contributed by atoms with Crippen LogP contribution in [0.15, 0.2) is 0 Å². The van der Waals surface area contributed by atoms with E-state index in [4.69, 9.17) is 10.8 Å². The summed E-state index contributed by atoms with van der Waals surface area (Å²) in [6, 6.07) is 0. The quantitative estimate of drug-likeness (QED) is 0.605. The van der Waals surface area contributed by atoms with Crippen LogP contribution < -0.4 is 5.73 Å². The second-order valence-electron chi connectivity index (χ2n) is 2.57. The van der Waals surface area contributed by atoms with Crippen LogP contribution in [0.4, 0.5) is 0 Å². The van der Waals surface area contributed by atoms with Crippen LogP contribution in [-0.4, -0.2) is 17.8 Å². The van der Waals surface area contributed by atoms with Gasteiger partial charge in [0.05, 0.1) is 6.10 Å². The van der Waals surface area contributed by atoms with E-state index in [0.29, 0.717) is 0 Å². The van der Waals surface area contributed by atoms with Crippen molar-refractivity contribution in [2.45, 2.75) is 25.4 Å². The highest BCUT2D eigenvalue weighted by molar-refractivity contribution is 5.85. The van der Waals surface area contributed by atoms with E-state index >= 15 is 0 Å². The van der Waals surface area contributed by atoms with E-state index < -0.39 is 0 Å². The molecule has 1 aliphatic carbocycles.